The van der Waals surface area contributed by atoms with Gasteiger partial charge < -0.3 is 14.5 Å². The molecule has 3 rings (SSSR count). The lowest BCUT2D eigenvalue weighted by atomic mass is 10.3. The molecular formula is C19H22N4O5. The van der Waals surface area contributed by atoms with Gasteiger partial charge in [0.05, 0.1) is 29.0 Å². The number of oxazole rings is 1. The van der Waals surface area contributed by atoms with E-state index in [4.69, 9.17) is 9.15 Å². The molecule has 9 nitrogen and oxygen atoms in total. The van der Waals surface area contributed by atoms with Gasteiger partial charge in [-0.15, -0.1) is 0 Å². The van der Waals surface area contributed by atoms with Crippen LogP contribution in [0.4, 0.5) is 5.69 Å². The fourth-order valence-corrected chi connectivity index (χ4v) is 2.92. The number of aromatic nitrogens is 3. The number of anilines is 1. The average Bonchev–Trinajstić information content (AvgIpc) is 3.09. The number of nitrogens with zero attached hydrogens (tertiary/aromatic N) is 3. The van der Waals surface area contributed by atoms with Crippen molar-refractivity contribution in [3.63, 3.8) is 0 Å². The topological polar surface area (TPSA) is 108 Å². The molecule has 1 atom stereocenters. The largest absolute Gasteiger partial charge is 0.452 e. The van der Waals surface area contributed by atoms with Crippen molar-refractivity contribution >= 4 is 28.7 Å². The lowest BCUT2D eigenvalue weighted by Gasteiger charge is -2.14. The van der Waals surface area contributed by atoms with Gasteiger partial charge in [-0.25, -0.2) is 4.79 Å². The Kier molecular flexibility index (Phi) is 5.34. The maximum atomic E-state index is 12.3. The maximum Gasteiger partial charge on any atom is 0.419 e. The van der Waals surface area contributed by atoms with Crippen LogP contribution in [-0.2, 0) is 27.9 Å². The number of carbonyl (C=O) groups is 2. The SMILES string of the molecule is Cc1nn(C)c(C)c1NC(=O)[C@H](C)OC(=O)CCn1c(=O)oc2ccccc21. The number of carbonyl (C=O) groups excluding carboxylic acids is 2. The van der Waals surface area contributed by atoms with E-state index in [0.717, 1.165) is 5.69 Å². The smallest absolute Gasteiger partial charge is 0.419 e. The Morgan fingerprint density at radius 3 is 2.68 bits per heavy atom. The second-order valence-corrected chi connectivity index (χ2v) is 6.53. The number of esters is 1. The lowest BCUT2D eigenvalue weighted by molar-refractivity contribution is -0.153. The van der Waals surface area contributed by atoms with E-state index in [-0.39, 0.29) is 13.0 Å². The zero-order valence-corrected chi connectivity index (χ0v) is 16.2. The first-order valence-corrected chi connectivity index (χ1v) is 8.87. The summed E-state index contributed by atoms with van der Waals surface area (Å²) < 4.78 is 13.3. The summed E-state index contributed by atoms with van der Waals surface area (Å²) in [5.74, 6) is -1.57. The summed E-state index contributed by atoms with van der Waals surface area (Å²) >= 11 is 0. The third-order valence-corrected chi connectivity index (χ3v) is 4.55. The zero-order valence-electron chi connectivity index (χ0n) is 16.2. The Balaban J connectivity index is 1.59. The molecule has 0 spiro atoms. The van der Waals surface area contributed by atoms with E-state index in [1.165, 1.54) is 11.5 Å². The van der Waals surface area contributed by atoms with Crippen LogP contribution < -0.4 is 11.1 Å². The number of rotatable bonds is 6. The number of ether oxygens (including phenoxy) is 1. The molecule has 0 aliphatic carbocycles. The first-order chi connectivity index (χ1) is 13.3. The predicted octanol–water partition coefficient (Wildman–Crippen LogP) is 1.91. The first-order valence-electron chi connectivity index (χ1n) is 8.87. The minimum atomic E-state index is -0.982. The maximum absolute atomic E-state index is 12.3. The predicted molar refractivity (Wildman–Crippen MR) is 102 cm³/mol. The van der Waals surface area contributed by atoms with Crippen LogP contribution in [0.1, 0.15) is 24.7 Å². The molecular weight excluding hydrogens is 364 g/mol. The molecule has 1 amide bonds. The number of para-hydroxylation sites is 2. The Hall–Kier alpha value is -3.36. The quantitative estimate of drug-likeness (QED) is 0.648. The summed E-state index contributed by atoms with van der Waals surface area (Å²) in [5.41, 5.74) is 3.14. The van der Waals surface area contributed by atoms with Gasteiger partial charge in [0.15, 0.2) is 11.7 Å². The third-order valence-electron chi connectivity index (χ3n) is 4.55. The normalized spacial score (nSPS) is 12.1. The van der Waals surface area contributed by atoms with Gasteiger partial charge in [0.25, 0.3) is 5.91 Å². The van der Waals surface area contributed by atoms with Gasteiger partial charge in [-0.2, -0.15) is 5.10 Å². The van der Waals surface area contributed by atoms with Crippen molar-refractivity contribution in [2.24, 2.45) is 7.05 Å². The molecule has 1 aromatic carbocycles. The molecule has 0 bridgehead atoms. The van der Waals surface area contributed by atoms with Crippen molar-refractivity contribution in [3.8, 4) is 0 Å². The number of benzene rings is 1. The van der Waals surface area contributed by atoms with E-state index in [1.54, 1.807) is 42.9 Å². The van der Waals surface area contributed by atoms with Crippen LogP contribution >= 0.6 is 0 Å². The van der Waals surface area contributed by atoms with Crippen molar-refractivity contribution in [3.05, 3.63) is 46.2 Å². The number of aryl methyl sites for hydroxylation is 3. The number of hydrogen-bond acceptors (Lipinski definition) is 6. The monoisotopic (exact) mass is 386 g/mol. The third kappa shape index (κ3) is 3.83. The average molecular weight is 386 g/mol. The summed E-state index contributed by atoms with van der Waals surface area (Å²) in [7, 11) is 1.78. The van der Waals surface area contributed by atoms with Crippen LogP contribution in [0.5, 0.6) is 0 Å². The highest BCUT2D eigenvalue weighted by Gasteiger charge is 2.21. The van der Waals surface area contributed by atoms with Gasteiger partial charge in [0.1, 0.15) is 0 Å². The molecule has 0 fully saturated rings. The minimum absolute atomic E-state index is 0.0635. The summed E-state index contributed by atoms with van der Waals surface area (Å²) in [6, 6.07) is 6.96. The molecule has 0 radical (unpaired) electrons. The van der Waals surface area contributed by atoms with Gasteiger partial charge in [0, 0.05) is 13.6 Å². The Bertz CT molecular complexity index is 1090. The first kappa shape index (κ1) is 19.4. The summed E-state index contributed by atoms with van der Waals surface area (Å²) in [5, 5.41) is 6.97. The molecule has 3 aromatic rings. The lowest BCUT2D eigenvalue weighted by Crippen LogP contribution is -2.31. The minimum Gasteiger partial charge on any atom is -0.452 e. The van der Waals surface area contributed by atoms with Crippen LogP contribution in [0.25, 0.3) is 11.1 Å². The second kappa shape index (κ2) is 7.71. The van der Waals surface area contributed by atoms with E-state index in [9.17, 15) is 14.4 Å². The highest BCUT2D eigenvalue weighted by molar-refractivity contribution is 5.96. The second-order valence-electron chi connectivity index (χ2n) is 6.53. The van der Waals surface area contributed by atoms with Crippen molar-refractivity contribution in [2.45, 2.75) is 39.8 Å². The molecule has 0 unspecified atom stereocenters. The van der Waals surface area contributed by atoms with E-state index in [2.05, 4.69) is 10.4 Å². The number of hydrogen-bond donors (Lipinski definition) is 1. The van der Waals surface area contributed by atoms with Crippen LogP contribution in [-0.4, -0.2) is 32.3 Å². The van der Waals surface area contributed by atoms with Crippen molar-refractivity contribution < 1.29 is 18.7 Å². The molecule has 9 heteroatoms. The van der Waals surface area contributed by atoms with Crippen LogP contribution in [0.2, 0.25) is 0 Å². The zero-order chi connectivity index (χ0) is 20.4. The molecule has 28 heavy (non-hydrogen) atoms. The molecule has 1 N–H and O–H groups in total. The molecule has 2 aromatic heterocycles. The van der Waals surface area contributed by atoms with Crippen LogP contribution in [0.15, 0.2) is 33.5 Å². The van der Waals surface area contributed by atoms with E-state index >= 15 is 0 Å². The molecule has 0 aliphatic rings. The van der Waals surface area contributed by atoms with Crippen LogP contribution in [0.3, 0.4) is 0 Å². The number of nitrogens with one attached hydrogen (secondary N) is 1. The van der Waals surface area contributed by atoms with Crippen molar-refractivity contribution in [1.29, 1.82) is 0 Å². The van der Waals surface area contributed by atoms with Gasteiger partial charge in [-0.05, 0) is 32.9 Å². The highest BCUT2D eigenvalue weighted by atomic mass is 16.5. The Morgan fingerprint density at radius 1 is 1.29 bits per heavy atom. The van der Waals surface area contributed by atoms with Crippen LogP contribution in [0, 0.1) is 13.8 Å². The number of amides is 1. The molecule has 0 aliphatic heterocycles. The summed E-state index contributed by atoms with van der Waals surface area (Å²) in [6.07, 6.45) is -1.05. The fourth-order valence-electron chi connectivity index (χ4n) is 2.92. The standard InChI is InChI=1S/C19H22N4O5/c1-11-17(12(2)22(4)21-11)20-18(25)13(3)27-16(24)9-10-23-14-7-5-6-8-15(14)28-19(23)26/h5-8,13H,9-10H2,1-4H3,(H,20,25)/t13-/m0/s1. The van der Waals surface area contributed by atoms with Gasteiger partial charge in [-0.1, -0.05) is 12.1 Å². The van der Waals surface area contributed by atoms with E-state index in [0.29, 0.717) is 22.5 Å². The van der Waals surface area contributed by atoms with E-state index in [1.807, 2.05) is 6.92 Å². The van der Waals surface area contributed by atoms with Crippen molar-refractivity contribution in [1.82, 2.24) is 14.3 Å². The fraction of sp³-hybridized carbons (Fsp3) is 0.368. The number of fused-ring (bicyclic) bond motifs is 1. The molecule has 148 valence electrons. The molecule has 0 saturated heterocycles. The van der Waals surface area contributed by atoms with Crippen molar-refractivity contribution in [2.75, 3.05) is 5.32 Å². The van der Waals surface area contributed by atoms with Gasteiger partial charge in [-0.3, -0.25) is 18.8 Å². The Morgan fingerprint density at radius 2 is 2.00 bits per heavy atom. The summed E-state index contributed by atoms with van der Waals surface area (Å²) in [6.45, 7) is 5.21. The Labute approximate surface area is 160 Å². The highest BCUT2D eigenvalue weighted by Crippen LogP contribution is 2.19. The van der Waals surface area contributed by atoms with Gasteiger partial charge >= 0.3 is 11.7 Å². The molecule has 2 heterocycles. The summed E-state index contributed by atoms with van der Waals surface area (Å²) in [4.78, 5) is 36.4. The van der Waals surface area contributed by atoms with E-state index < -0.39 is 23.7 Å². The molecule has 0 saturated carbocycles. The van der Waals surface area contributed by atoms with Gasteiger partial charge in [0.2, 0.25) is 0 Å².